The topological polar surface area (TPSA) is 131 Å². The second-order valence-electron chi connectivity index (χ2n) is 5.36. The third-order valence-corrected chi connectivity index (χ3v) is 5.11. The fraction of sp³-hybridized carbons (Fsp3) is 0.133. The highest BCUT2D eigenvalue weighted by atomic mass is 32.2. The third-order valence-electron chi connectivity index (χ3n) is 3.44. The van der Waals surface area contributed by atoms with Gasteiger partial charge >= 0.3 is 0 Å². The maximum absolute atomic E-state index is 12.2. The van der Waals surface area contributed by atoms with Gasteiger partial charge in [0, 0.05) is 23.3 Å². The van der Waals surface area contributed by atoms with Crippen molar-refractivity contribution in [3.63, 3.8) is 0 Å². The quantitative estimate of drug-likeness (QED) is 0.480. The van der Waals surface area contributed by atoms with Crippen LogP contribution in [0.5, 0.6) is 0 Å². The summed E-state index contributed by atoms with van der Waals surface area (Å²) in [5.41, 5.74) is 0.702. The van der Waals surface area contributed by atoms with Crippen LogP contribution in [0.3, 0.4) is 0 Å². The Bertz CT molecular complexity index is 1170. The van der Waals surface area contributed by atoms with Gasteiger partial charge in [-0.15, -0.1) is 16.4 Å². The molecule has 4 rings (SSSR count). The highest BCUT2D eigenvalue weighted by Crippen LogP contribution is 2.20. The van der Waals surface area contributed by atoms with E-state index in [9.17, 15) is 9.59 Å². The van der Waals surface area contributed by atoms with Crippen LogP contribution in [-0.2, 0) is 4.79 Å². The summed E-state index contributed by atoms with van der Waals surface area (Å²) < 4.78 is 1.44. The number of nitrogens with one attached hydrogen (secondary N) is 2. The lowest BCUT2D eigenvalue weighted by atomic mass is 10.3. The molecule has 0 aliphatic heterocycles. The number of pyridine rings is 1. The Morgan fingerprint density at radius 2 is 2.30 bits per heavy atom. The lowest BCUT2D eigenvalue weighted by Crippen LogP contribution is -2.19. The van der Waals surface area contributed by atoms with Crippen molar-refractivity contribution in [2.24, 2.45) is 0 Å². The maximum Gasteiger partial charge on any atom is 0.295 e. The van der Waals surface area contributed by atoms with Crippen LogP contribution in [-0.4, -0.2) is 46.4 Å². The average Bonchev–Trinajstić information content (AvgIpc) is 3.29. The Morgan fingerprint density at radius 1 is 1.41 bits per heavy atom. The molecule has 4 aromatic heterocycles. The Balaban J connectivity index is 1.41. The van der Waals surface area contributed by atoms with Gasteiger partial charge in [0.05, 0.1) is 5.75 Å². The van der Waals surface area contributed by atoms with Crippen molar-refractivity contribution in [3.8, 4) is 11.4 Å². The number of fused-ring (bicyclic) bond motifs is 1. The number of carbonyl (C=O) groups is 1. The molecule has 0 saturated heterocycles. The smallest absolute Gasteiger partial charge is 0.295 e. The normalized spacial score (nSPS) is 11.0. The largest absolute Gasteiger partial charge is 0.309 e. The molecule has 4 heterocycles. The molecule has 0 fully saturated rings. The molecule has 0 bridgehead atoms. The van der Waals surface area contributed by atoms with Crippen LogP contribution in [0.1, 0.15) is 5.69 Å². The van der Waals surface area contributed by atoms with E-state index in [1.165, 1.54) is 27.6 Å². The molecule has 0 aliphatic rings. The molecule has 12 heteroatoms. The summed E-state index contributed by atoms with van der Waals surface area (Å²) in [6, 6.07) is 3.67. The van der Waals surface area contributed by atoms with Gasteiger partial charge < -0.3 is 5.32 Å². The summed E-state index contributed by atoms with van der Waals surface area (Å²) in [5.74, 6) is 0.922. The Hall–Kier alpha value is -3.12. The summed E-state index contributed by atoms with van der Waals surface area (Å²) >= 11 is 2.43. The SMILES string of the molecule is Cc1nn2c(NC(=O)CSc3n[nH]c(-c4cccnc4)n3)csc2nc1=O. The van der Waals surface area contributed by atoms with Crippen LogP contribution < -0.4 is 10.9 Å². The average molecular weight is 400 g/mol. The Kier molecular flexibility index (Phi) is 4.64. The number of aromatic nitrogens is 7. The number of thiazole rings is 1. The lowest BCUT2D eigenvalue weighted by molar-refractivity contribution is -0.113. The van der Waals surface area contributed by atoms with Gasteiger partial charge in [0.15, 0.2) is 5.82 Å². The van der Waals surface area contributed by atoms with Gasteiger partial charge in [-0.25, -0.2) is 4.98 Å². The van der Waals surface area contributed by atoms with Gasteiger partial charge in [0.25, 0.3) is 5.56 Å². The van der Waals surface area contributed by atoms with Gasteiger partial charge in [-0.1, -0.05) is 11.8 Å². The van der Waals surface area contributed by atoms with Crippen LogP contribution in [0, 0.1) is 6.92 Å². The van der Waals surface area contributed by atoms with Gasteiger partial charge in [-0.05, 0) is 19.1 Å². The van der Waals surface area contributed by atoms with E-state index in [0.29, 0.717) is 21.8 Å². The zero-order chi connectivity index (χ0) is 18.8. The molecule has 0 aliphatic carbocycles. The number of thioether (sulfide) groups is 1. The third kappa shape index (κ3) is 3.71. The summed E-state index contributed by atoms with van der Waals surface area (Å²) in [5, 5.41) is 15.9. The summed E-state index contributed by atoms with van der Waals surface area (Å²) in [7, 11) is 0. The molecule has 0 unspecified atom stereocenters. The first-order valence-corrected chi connectivity index (χ1v) is 9.57. The van der Waals surface area contributed by atoms with Crippen molar-refractivity contribution in [3.05, 3.63) is 46.0 Å². The molecular weight excluding hydrogens is 388 g/mol. The van der Waals surface area contributed by atoms with E-state index in [4.69, 9.17) is 0 Å². The minimum atomic E-state index is -0.376. The number of nitrogens with zero attached hydrogens (tertiary/aromatic N) is 6. The van der Waals surface area contributed by atoms with Gasteiger partial charge in [-0.3, -0.25) is 19.7 Å². The van der Waals surface area contributed by atoms with Crippen molar-refractivity contribution in [2.45, 2.75) is 12.1 Å². The molecule has 0 spiro atoms. The molecule has 2 N–H and O–H groups in total. The minimum Gasteiger partial charge on any atom is -0.309 e. The first-order chi connectivity index (χ1) is 13.1. The molecule has 1 amide bonds. The van der Waals surface area contributed by atoms with Gasteiger partial charge in [0.2, 0.25) is 16.0 Å². The number of amides is 1. The van der Waals surface area contributed by atoms with Crippen LogP contribution in [0.15, 0.2) is 39.9 Å². The number of H-pyrrole nitrogens is 1. The van der Waals surface area contributed by atoms with Crippen LogP contribution in [0.2, 0.25) is 0 Å². The number of carbonyl (C=O) groups excluding carboxylic acids is 1. The Labute approximate surface area is 160 Å². The van der Waals surface area contributed by atoms with Gasteiger partial charge in [0.1, 0.15) is 11.5 Å². The molecule has 27 heavy (non-hydrogen) atoms. The number of aromatic amines is 1. The van der Waals surface area contributed by atoms with Gasteiger partial charge in [-0.2, -0.15) is 14.6 Å². The second kappa shape index (κ2) is 7.25. The van der Waals surface area contributed by atoms with Crippen LogP contribution in [0.25, 0.3) is 16.3 Å². The van der Waals surface area contributed by atoms with E-state index in [1.54, 1.807) is 30.8 Å². The van der Waals surface area contributed by atoms with Crippen LogP contribution in [0.4, 0.5) is 5.82 Å². The lowest BCUT2D eigenvalue weighted by Gasteiger charge is -2.03. The van der Waals surface area contributed by atoms with Crippen molar-refractivity contribution in [1.82, 2.24) is 34.8 Å². The van der Waals surface area contributed by atoms with Crippen LogP contribution >= 0.6 is 23.1 Å². The summed E-state index contributed by atoms with van der Waals surface area (Å²) in [6.07, 6.45) is 3.35. The first kappa shape index (κ1) is 17.3. The molecule has 0 saturated carbocycles. The second-order valence-corrected chi connectivity index (χ2v) is 7.14. The number of hydrogen-bond donors (Lipinski definition) is 2. The predicted molar refractivity (Wildman–Crippen MR) is 101 cm³/mol. The standard InChI is InChI=1S/C15H12N8O2S2/c1-8-13(25)19-15-23(22-8)10(6-27-15)17-11(24)7-26-14-18-12(20-21-14)9-3-2-4-16-5-9/h2-6H,7H2,1H3,(H,17,24)(H,18,20,21). The minimum absolute atomic E-state index is 0.119. The van der Waals surface area contributed by atoms with E-state index < -0.39 is 0 Å². The fourth-order valence-corrected chi connectivity index (χ4v) is 3.53. The number of rotatable bonds is 5. The van der Waals surface area contributed by atoms with Crippen molar-refractivity contribution >= 4 is 39.8 Å². The maximum atomic E-state index is 12.2. The summed E-state index contributed by atoms with van der Waals surface area (Å²) in [6.45, 7) is 1.57. The molecule has 4 aromatic rings. The zero-order valence-corrected chi connectivity index (χ0v) is 15.5. The fourth-order valence-electron chi connectivity index (χ4n) is 2.18. The number of hydrogen-bond acceptors (Lipinski definition) is 9. The molecular formula is C15H12N8O2S2. The Morgan fingerprint density at radius 3 is 3.11 bits per heavy atom. The molecule has 0 atom stereocenters. The summed E-state index contributed by atoms with van der Waals surface area (Å²) in [4.78, 5) is 36.5. The van der Waals surface area contributed by atoms with E-state index in [2.05, 4.69) is 35.6 Å². The van der Waals surface area contributed by atoms with E-state index in [-0.39, 0.29) is 22.9 Å². The van der Waals surface area contributed by atoms with E-state index >= 15 is 0 Å². The number of aryl methyl sites for hydroxylation is 1. The molecule has 0 aromatic carbocycles. The molecule has 136 valence electrons. The van der Waals surface area contributed by atoms with Crippen molar-refractivity contribution in [2.75, 3.05) is 11.1 Å². The highest BCUT2D eigenvalue weighted by molar-refractivity contribution is 7.99. The highest BCUT2D eigenvalue weighted by Gasteiger charge is 2.13. The molecule has 0 radical (unpaired) electrons. The number of anilines is 1. The zero-order valence-electron chi connectivity index (χ0n) is 13.9. The monoisotopic (exact) mass is 400 g/mol. The van der Waals surface area contributed by atoms with Crippen molar-refractivity contribution < 1.29 is 4.79 Å². The predicted octanol–water partition coefficient (Wildman–Crippen LogP) is 1.37. The molecule has 10 nitrogen and oxygen atoms in total. The first-order valence-electron chi connectivity index (χ1n) is 7.71. The van der Waals surface area contributed by atoms with E-state index in [1.807, 2.05) is 6.07 Å². The van der Waals surface area contributed by atoms with E-state index in [0.717, 1.165) is 5.56 Å². The van der Waals surface area contributed by atoms with Crippen molar-refractivity contribution in [1.29, 1.82) is 0 Å².